The molecule has 1 aromatic carbocycles. The van der Waals surface area contributed by atoms with Crippen LogP contribution in [0.2, 0.25) is 0 Å². The number of imidazole rings is 1. The Morgan fingerprint density at radius 2 is 1.96 bits per heavy atom. The Morgan fingerprint density at radius 3 is 2.71 bits per heavy atom. The Hall–Kier alpha value is -2.83. The first-order chi connectivity index (χ1) is 11.7. The Balaban J connectivity index is 1.43. The first kappa shape index (κ1) is 14.7. The number of hydrogen-bond donors (Lipinski definition) is 1. The summed E-state index contributed by atoms with van der Waals surface area (Å²) in [4.78, 5) is 31.8. The number of aryl methyl sites for hydroxylation is 1. The number of hydrogen-bond acceptors (Lipinski definition) is 4. The quantitative estimate of drug-likeness (QED) is 0.864. The number of nitrogens with one attached hydrogen (secondary N) is 1. The van der Waals surface area contributed by atoms with E-state index in [0.717, 1.165) is 30.9 Å². The number of aromatic nitrogens is 2. The van der Waals surface area contributed by atoms with Crippen LogP contribution in [-0.2, 0) is 11.2 Å². The van der Waals surface area contributed by atoms with Crippen LogP contribution in [0.15, 0.2) is 36.9 Å². The lowest BCUT2D eigenvalue weighted by Gasteiger charge is -2.36. The van der Waals surface area contributed by atoms with E-state index in [2.05, 4.69) is 21.3 Å². The molecule has 7 nitrogen and oxygen atoms in total. The summed E-state index contributed by atoms with van der Waals surface area (Å²) in [6, 6.07) is 6.14. The predicted molar refractivity (Wildman–Crippen MR) is 90.2 cm³/mol. The standard InChI is InChI=1S/C17H19N5O2/c23-16-4-1-13-11-14(2-3-15(13)19-16)20-7-9-21(10-8-20)17(24)22-6-5-18-12-22/h2-3,5-6,11-12H,1,4,7-10H2,(H,19,23). The van der Waals surface area contributed by atoms with Crippen LogP contribution in [0.4, 0.5) is 16.2 Å². The van der Waals surface area contributed by atoms with Gasteiger partial charge in [0, 0.05) is 56.4 Å². The highest BCUT2D eigenvalue weighted by molar-refractivity contribution is 5.94. The van der Waals surface area contributed by atoms with E-state index in [1.807, 2.05) is 17.0 Å². The number of amides is 2. The van der Waals surface area contributed by atoms with Crippen molar-refractivity contribution in [2.45, 2.75) is 12.8 Å². The summed E-state index contributed by atoms with van der Waals surface area (Å²) in [7, 11) is 0. The first-order valence-corrected chi connectivity index (χ1v) is 8.16. The van der Waals surface area contributed by atoms with Gasteiger partial charge in [0.15, 0.2) is 0 Å². The van der Waals surface area contributed by atoms with Gasteiger partial charge in [-0.25, -0.2) is 9.78 Å². The lowest BCUT2D eigenvalue weighted by Crippen LogP contribution is -2.49. The van der Waals surface area contributed by atoms with Gasteiger partial charge >= 0.3 is 6.03 Å². The van der Waals surface area contributed by atoms with Crippen molar-refractivity contribution in [3.8, 4) is 0 Å². The van der Waals surface area contributed by atoms with Gasteiger partial charge in [0.1, 0.15) is 6.33 Å². The summed E-state index contributed by atoms with van der Waals surface area (Å²) in [6.07, 6.45) is 6.15. The third-order valence-corrected chi connectivity index (χ3v) is 4.62. The van der Waals surface area contributed by atoms with E-state index in [4.69, 9.17) is 0 Å². The molecule has 0 spiro atoms. The number of nitrogens with zero attached hydrogens (tertiary/aromatic N) is 4. The average molecular weight is 325 g/mol. The van der Waals surface area contributed by atoms with Crippen molar-refractivity contribution in [2.24, 2.45) is 0 Å². The maximum absolute atomic E-state index is 12.3. The Kier molecular flexibility index (Phi) is 3.68. The van der Waals surface area contributed by atoms with Crippen molar-refractivity contribution in [1.29, 1.82) is 0 Å². The molecule has 24 heavy (non-hydrogen) atoms. The minimum Gasteiger partial charge on any atom is -0.368 e. The molecule has 2 amide bonds. The van der Waals surface area contributed by atoms with Gasteiger partial charge in [0.05, 0.1) is 0 Å². The van der Waals surface area contributed by atoms with E-state index < -0.39 is 0 Å². The Labute approximate surface area is 139 Å². The molecule has 0 unspecified atom stereocenters. The summed E-state index contributed by atoms with van der Waals surface area (Å²) in [5, 5.41) is 2.91. The van der Waals surface area contributed by atoms with Crippen LogP contribution < -0.4 is 10.2 Å². The summed E-state index contributed by atoms with van der Waals surface area (Å²) >= 11 is 0. The van der Waals surface area contributed by atoms with Crippen LogP contribution in [0, 0.1) is 0 Å². The fourth-order valence-electron chi connectivity index (χ4n) is 3.26. The molecule has 0 bridgehead atoms. The molecule has 0 atom stereocenters. The molecule has 124 valence electrons. The predicted octanol–water partition coefficient (Wildman–Crippen LogP) is 1.56. The Morgan fingerprint density at radius 1 is 1.12 bits per heavy atom. The number of benzene rings is 1. The summed E-state index contributed by atoms with van der Waals surface area (Å²) in [5.41, 5.74) is 3.26. The van der Waals surface area contributed by atoms with Gasteiger partial charge in [-0.3, -0.25) is 9.36 Å². The van der Waals surface area contributed by atoms with Crippen LogP contribution in [0.5, 0.6) is 0 Å². The zero-order valence-corrected chi connectivity index (χ0v) is 13.3. The minimum absolute atomic E-state index is 0.0275. The van der Waals surface area contributed by atoms with E-state index in [9.17, 15) is 9.59 Å². The van der Waals surface area contributed by atoms with Crippen LogP contribution in [0.25, 0.3) is 0 Å². The van der Waals surface area contributed by atoms with Crippen LogP contribution in [0.1, 0.15) is 12.0 Å². The minimum atomic E-state index is -0.0275. The van der Waals surface area contributed by atoms with Gasteiger partial charge in [0.25, 0.3) is 0 Å². The van der Waals surface area contributed by atoms with Crippen molar-refractivity contribution < 1.29 is 9.59 Å². The van der Waals surface area contributed by atoms with Crippen LogP contribution >= 0.6 is 0 Å². The topological polar surface area (TPSA) is 70.5 Å². The van der Waals surface area contributed by atoms with Gasteiger partial charge in [-0.15, -0.1) is 0 Å². The van der Waals surface area contributed by atoms with Gasteiger partial charge in [-0.2, -0.15) is 0 Å². The highest BCUT2D eigenvalue weighted by Gasteiger charge is 2.23. The lowest BCUT2D eigenvalue weighted by atomic mass is 10.0. The molecule has 2 aromatic rings. The molecule has 0 aliphatic carbocycles. The number of carbonyl (C=O) groups excluding carboxylic acids is 2. The van der Waals surface area contributed by atoms with Crippen LogP contribution in [-0.4, -0.2) is 52.6 Å². The summed E-state index contributed by atoms with van der Waals surface area (Å²) < 4.78 is 1.51. The maximum atomic E-state index is 12.3. The molecule has 7 heteroatoms. The van der Waals surface area contributed by atoms with E-state index in [0.29, 0.717) is 19.5 Å². The fourth-order valence-corrected chi connectivity index (χ4v) is 3.26. The first-order valence-electron chi connectivity index (χ1n) is 8.16. The summed E-state index contributed by atoms with van der Waals surface area (Å²) in [5.74, 6) is 0.0851. The number of rotatable bonds is 1. The van der Waals surface area contributed by atoms with Gasteiger partial charge < -0.3 is 15.1 Å². The molecule has 4 rings (SSSR count). The average Bonchev–Trinajstić information content (AvgIpc) is 3.15. The van der Waals surface area contributed by atoms with Crippen LogP contribution in [0.3, 0.4) is 0 Å². The third-order valence-electron chi connectivity index (χ3n) is 4.62. The molecule has 1 N–H and O–H groups in total. The van der Waals surface area contributed by atoms with Crippen molar-refractivity contribution in [2.75, 3.05) is 36.4 Å². The zero-order valence-electron chi connectivity index (χ0n) is 13.3. The molecule has 1 saturated heterocycles. The van der Waals surface area contributed by atoms with Gasteiger partial charge in [-0.1, -0.05) is 0 Å². The summed E-state index contributed by atoms with van der Waals surface area (Å²) in [6.45, 7) is 2.97. The van der Waals surface area contributed by atoms with Crippen molar-refractivity contribution in [3.63, 3.8) is 0 Å². The van der Waals surface area contributed by atoms with Gasteiger partial charge in [0.2, 0.25) is 5.91 Å². The zero-order chi connectivity index (χ0) is 16.5. The van der Waals surface area contributed by atoms with E-state index in [1.54, 1.807) is 12.4 Å². The number of carbonyl (C=O) groups is 2. The molecule has 0 saturated carbocycles. The lowest BCUT2D eigenvalue weighted by molar-refractivity contribution is -0.116. The van der Waals surface area contributed by atoms with Gasteiger partial charge in [-0.05, 0) is 30.2 Å². The molecule has 2 aliphatic rings. The Bertz CT molecular complexity index is 763. The maximum Gasteiger partial charge on any atom is 0.329 e. The van der Waals surface area contributed by atoms with E-state index >= 15 is 0 Å². The smallest absolute Gasteiger partial charge is 0.329 e. The van der Waals surface area contributed by atoms with E-state index in [1.165, 1.54) is 16.5 Å². The number of fused-ring (bicyclic) bond motifs is 1. The van der Waals surface area contributed by atoms with E-state index in [-0.39, 0.29) is 11.9 Å². The molecular weight excluding hydrogens is 306 g/mol. The molecule has 2 aliphatic heterocycles. The second kappa shape index (κ2) is 5.99. The largest absolute Gasteiger partial charge is 0.368 e. The number of anilines is 2. The highest BCUT2D eigenvalue weighted by Crippen LogP contribution is 2.28. The van der Waals surface area contributed by atoms with Crippen molar-refractivity contribution in [1.82, 2.24) is 14.5 Å². The molecule has 1 aromatic heterocycles. The molecule has 3 heterocycles. The van der Waals surface area contributed by atoms with Crippen molar-refractivity contribution in [3.05, 3.63) is 42.5 Å². The number of piperazine rings is 1. The second-order valence-corrected chi connectivity index (χ2v) is 6.12. The SMILES string of the molecule is O=C1CCc2cc(N3CCN(C(=O)n4ccnc4)CC3)ccc2N1. The molecular formula is C17H19N5O2. The second-order valence-electron chi connectivity index (χ2n) is 6.12. The third kappa shape index (κ3) is 2.73. The normalized spacial score (nSPS) is 17.4. The highest BCUT2D eigenvalue weighted by atomic mass is 16.2. The monoisotopic (exact) mass is 325 g/mol. The molecule has 0 radical (unpaired) electrons. The fraction of sp³-hybridized carbons (Fsp3) is 0.353. The molecule has 1 fully saturated rings. The van der Waals surface area contributed by atoms with Crippen molar-refractivity contribution >= 4 is 23.3 Å².